The molecule has 0 aromatic heterocycles. The van der Waals surface area contributed by atoms with Crippen molar-refractivity contribution >= 4 is 10.0 Å². The molecular weight excluding hydrogens is 293 g/mol. The molecule has 2 N–H and O–H groups in total. The van der Waals surface area contributed by atoms with Crippen LogP contribution < -0.4 is 5.73 Å². The topological polar surface area (TPSA) is 63.4 Å². The standard InChI is InChI=1S/C12H17F3N2O2S/c1-3-17(8-12(13,14)15)20(18,19)11-6-4-10(5-7-11)9(2)16/h4-7,9H,3,8,16H2,1-2H3. The van der Waals surface area contributed by atoms with Crippen molar-refractivity contribution in [3.63, 3.8) is 0 Å². The van der Waals surface area contributed by atoms with Gasteiger partial charge in [-0.1, -0.05) is 19.1 Å². The highest BCUT2D eigenvalue weighted by molar-refractivity contribution is 7.89. The number of hydrogen-bond donors (Lipinski definition) is 1. The molecule has 1 aromatic rings. The van der Waals surface area contributed by atoms with Crippen molar-refractivity contribution in [3.05, 3.63) is 29.8 Å². The lowest BCUT2D eigenvalue weighted by atomic mass is 10.1. The molecular formula is C12H17F3N2O2S. The van der Waals surface area contributed by atoms with E-state index < -0.39 is 22.7 Å². The lowest BCUT2D eigenvalue weighted by Crippen LogP contribution is -2.38. The Labute approximate surface area is 116 Å². The van der Waals surface area contributed by atoms with Gasteiger partial charge in [0, 0.05) is 12.6 Å². The molecule has 0 aliphatic heterocycles. The van der Waals surface area contributed by atoms with Gasteiger partial charge in [0.1, 0.15) is 6.54 Å². The van der Waals surface area contributed by atoms with E-state index in [2.05, 4.69) is 0 Å². The third-order valence-electron chi connectivity index (χ3n) is 2.75. The second-order valence-electron chi connectivity index (χ2n) is 4.40. The largest absolute Gasteiger partial charge is 0.402 e. The lowest BCUT2D eigenvalue weighted by molar-refractivity contribution is -0.135. The maximum Gasteiger partial charge on any atom is 0.402 e. The van der Waals surface area contributed by atoms with Crippen molar-refractivity contribution in [2.75, 3.05) is 13.1 Å². The zero-order valence-corrected chi connectivity index (χ0v) is 12.0. The maximum absolute atomic E-state index is 12.4. The molecule has 1 unspecified atom stereocenters. The van der Waals surface area contributed by atoms with Gasteiger partial charge in [-0.3, -0.25) is 0 Å². The number of hydrogen-bond acceptors (Lipinski definition) is 3. The van der Waals surface area contributed by atoms with Gasteiger partial charge in [0.05, 0.1) is 4.90 Å². The van der Waals surface area contributed by atoms with E-state index in [9.17, 15) is 21.6 Å². The van der Waals surface area contributed by atoms with Crippen molar-refractivity contribution in [2.45, 2.75) is 31.0 Å². The minimum absolute atomic E-state index is 0.173. The molecule has 114 valence electrons. The van der Waals surface area contributed by atoms with E-state index in [1.54, 1.807) is 6.92 Å². The van der Waals surface area contributed by atoms with Crippen molar-refractivity contribution < 1.29 is 21.6 Å². The summed E-state index contributed by atoms with van der Waals surface area (Å²) >= 11 is 0. The van der Waals surface area contributed by atoms with Gasteiger partial charge in [-0.15, -0.1) is 0 Å². The predicted octanol–water partition coefficient (Wildman–Crippen LogP) is 2.28. The van der Waals surface area contributed by atoms with Crippen LogP contribution in [0.3, 0.4) is 0 Å². The Morgan fingerprint density at radius 2 is 1.75 bits per heavy atom. The Bertz CT molecular complexity index is 539. The molecule has 0 heterocycles. The molecule has 0 amide bonds. The van der Waals surface area contributed by atoms with E-state index in [4.69, 9.17) is 5.73 Å². The van der Waals surface area contributed by atoms with Crippen LogP contribution in [0.5, 0.6) is 0 Å². The first-order valence-corrected chi connectivity index (χ1v) is 7.44. The molecule has 1 atom stereocenters. The monoisotopic (exact) mass is 310 g/mol. The van der Waals surface area contributed by atoms with Gasteiger partial charge in [0.25, 0.3) is 0 Å². The number of nitrogens with zero attached hydrogens (tertiary/aromatic N) is 1. The molecule has 0 fully saturated rings. The van der Waals surface area contributed by atoms with E-state index in [0.717, 1.165) is 0 Å². The van der Waals surface area contributed by atoms with E-state index in [1.807, 2.05) is 0 Å². The molecule has 0 bridgehead atoms. The van der Waals surface area contributed by atoms with Gasteiger partial charge >= 0.3 is 6.18 Å². The highest BCUT2D eigenvalue weighted by atomic mass is 32.2. The quantitative estimate of drug-likeness (QED) is 0.907. The normalized spacial score (nSPS) is 14.6. The molecule has 1 rings (SSSR count). The zero-order valence-electron chi connectivity index (χ0n) is 11.2. The zero-order chi connectivity index (χ0) is 15.6. The van der Waals surface area contributed by atoms with Crippen molar-refractivity contribution in [3.8, 4) is 0 Å². The molecule has 4 nitrogen and oxygen atoms in total. The van der Waals surface area contributed by atoms with Crippen LogP contribution in [0.1, 0.15) is 25.5 Å². The predicted molar refractivity (Wildman–Crippen MR) is 69.5 cm³/mol. The van der Waals surface area contributed by atoms with Crippen LogP contribution in [0.25, 0.3) is 0 Å². The van der Waals surface area contributed by atoms with E-state index in [1.165, 1.54) is 31.2 Å². The molecule has 0 aliphatic carbocycles. The fourth-order valence-electron chi connectivity index (χ4n) is 1.66. The summed E-state index contributed by atoms with van der Waals surface area (Å²) in [6.07, 6.45) is -4.57. The highest BCUT2D eigenvalue weighted by Crippen LogP contribution is 2.23. The Morgan fingerprint density at radius 1 is 1.25 bits per heavy atom. The second-order valence-corrected chi connectivity index (χ2v) is 6.34. The van der Waals surface area contributed by atoms with Crippen LogP contribution in [0, 0.1) is 0 Å². The van der Waals surface area contributed by atoms with E-state index in [-0.39, 0.29) is 17.5 Å². The number of benzene rings is 1. The first-order chi connectivity index (χ1) is 9.08. The average molecular weight is 310 g/mol. The molecule has 0 saturated heterocycles. The first kappa shape index (κ1) is 16.9. The molecule has 0 saturated carbocycles. The third kappa shape index (κ3) is 4.19. The molecule has 0 spiro atoms. The number of nitrogens with two attached hydrogens (primary N) is 1. The number of halogens is 3. The fraction of sp³-hybridized carbons (Fsp3) is 0.500. The second kappa shape index (κ2) is 6.11. The minimum atomic E-state index is -4.57. The number of alkyl halides is 3. The van der Waals surface area contributed by atoms with Crippen LogP contribution in [-0.2, 0) is 10.0 Å². The summed E-state index contributed by atoms with van der Waals surface area (Å²) in [4.78, 5) is -0.173. The van der Waals surface area contributed by atoms with Crippen LogP contribution in [0.4, 0.5) is 13.2 Å². The fourth-order valence-corrected chi connectivity index (χ4v) is 3.09. The highest BCUT2D eigenvalue weighted by Gasteiger charge is 2.36. The summed E-state index contributed by atoms with van der Waals surface area (Å²) in [6.45, 7) is 1.34. The first-order valence-electron chi connectivity index (χ1n) is 6.00. The summed E-state index contributed by atoms with van der Waals surface area (Å²) in [5.74, 6) is 0. The van der Waals surface area contributed by atoms with Gasteiger partial charge in [-0.2, -0.15) is 17.5 Å². The van der Waals surface area contributed by atoms with Gasteiger partial charge in [0.15, 0.2) is 0 Å². The van der Waals surface area contributed by atoms with Crippen molar-refractivity contribution in [2.24, 2.45) is 5.73 Å². The summed E-state index contributed by atoms with van der Waals surface area (Å²) in [6, 6.07) is 5.27. The Hall–Kier alpha value is -1.12. The van der Waals surface area contributed by atoms with Gasteiger partial charge in [-0.25, -0.2) is 8.42 Å². The smallest absolute Gasteiger partial charge is 0.324 e. The van der Waals surface area contributed by atoms with Gasteiger partial charge < -0.3 is 5.73 Å². The summed E-state index contributed by atoms with van der Waals surface area (Å²) in [5.41, 5.74) is 6.34. The summed E-state index contributed by atoms with van der Waals surface area (Å²) in [7, 11) is -4.15. The molecule has 1 aromatic carbocycles. The van der Waals surface area contributed by atoms with Crippen LogP contribution in [-0.4, -0.2) is 32.0 Å². The summed E-state index contributed by atoms with van der Waals surface area (Å²) < 4.78 is 61.8. The van der Waals surface area contributed by atoms with Crippen LogP contribution in [0.2, 0.25) is 0 Å². The minimum Gasteiger partial charge on any atom is -0.324 e. The van der Waals surface area contributed by atoms with E-state index >= 15 is 0 Å². The molecule has 20 heavy (non-hydrogen) atoms. The Kier molecular flexibility index (Phi) is 5.17. The van der Waals surface area contributed by atoms with Crippen molar-refractivity contribution in [1.82, 2.24) is 4.31 Å². The van der Waals surface area contributed by atoms with Crippen molar-refractivity contribution in [1.29, 1.82) is 0 Å². The van der Waals surface area contributed by atoms with Crippen LogP contribution >= 0.6 is 0 Å². The SMILES string of the molecule is CCN(CC(F)(F)F)S(=O)(=O)c1ccc(C(C)N)cc1. The molecule has 0 radical (unpaired) electrons. The van der Waals surface area contributed by atoms with Gasteiger partial charge in [-0.05, 0) is 24.6 Å². The summed E-state index contributed by atoms with van der Waals surface area (Å²) in [5, 5.41) is 0. The average Bonchev–Trinajstić information content (AvgIpc) is 2.34. The molecule has 8 heteroatoms. The number of rotatable bonds is 5. The Morgan fingerprint density at radius 3 is 2.10 bits per heavy atom. The molecule has 0 aliphatic rings. The van der Waals surface area contributed by atoms with Crippen LogP contribution in [0.15, 0.2) is 29.2 Å². The lowest BCUT2D eigenvalue weighted by Gasteiger charge is -2.22. The third-order valence-corrected chi connectivity index (χ3v) is 4.69. The maximum atomic E-state index is 12.4. The number of sulfonamides is 1. The van der Waals surface area contributed by atoms with E-state index in [0.29, 0.717) is 9.87 Å². The van der Waals surface area contributed by atoms with Gasteiger partial charge in [0.2, 0.25) is 10.0 Å². The Balaban J connectivity index is 3.08.